The summed E-state index contributed by atoms with van der Waals surface area (Å²) >= 11 is 7.46. The van der Waals surface area contributed by atoms with Crippen LogP contribution in [0.4, 0.5) is 0 Å². The second kappa shape index (κ2) is 14.5. The molecule has 2 nitrogen and oxygen atoms in total. The van der Waals surface area contributed by atoms with Gasteiger partial charge in [0.1, 0.15) is 0 Å². The summed E-state index contributed by atoms with van der Waals surface area (Å²) in [6.07, 6.45) is 0. The summed E-state index contributed by atoms with van der Waals surface area (Å²) in [5.74, 6) is 0. The van der Waals surface area contributed by atoms with Crippen molar-refractivity contribution in [2.24, 2.45) is 0 Å². The number of hydrogen-bond donors (Lipinski definition) is 2. The molecule has 6 aromatic carbocycles. The zero-order valence-electron chi connectivity index (χ0n) is 24.2. The van der Waals surface area contributed by atoms with Crippen molar-refractivity contribution in [3.63, 3.8) is 0 Å². The maximum absolute atomic E-state index is 4.30. The first-order chi connectivity index (χ1) is 21.6. The van der Waals surface area contributed by atoms with Crippen molar-refractivity contribution in [2.75, 3.05) is 0 Å². The molecule has 0 aliphatic carbocycles. The van der Waals surface area contributed by atoms with Crippen molar-refractivity contribution >= 4 is 62.7 Å². The van der Waals surface area contributed by atoms with E-state index in [4.69, 9.17) is 0 Å². The zero-order valence-corrected chi connectivity index (χ0v) is 29.4. The Labute approximate surface area is 276 Å². The third-order valence-corrected chi connectivity index (χ3v) is 19.8. The number of hydrogen-bond acceptors (Lipinski definition) is 2. The molecule has 0 saturated heterocycles. The van der Waals surface area contributed by atoms with Crippen molar-refractivity contribution < 1.29 is 0 Å². The fourth-order valence-electron chi connectivity index (χ4n) is 5.54. The van der Waals surface area contributed by atoms with Crippen LogP contribution in [0, 0.1) is 0 Å². The van der Waals surface area contributed by atoms with Gasteiger partial charge in [-0.05, 0) is 0 Å². The van der Waals surface area contributed by atoms with Crippen molar-refractivity contribution in [3.8, 4) is 0 Å². The van der Waals surface area contributed by atoms with Crippen molar-refractivity contribution in [1.29, 1.82) is 0 Å². The first-order valence-corrected chi connectivity index (χ1v) is 22.7. The van der Waals surface area contributed by atoms with E-state index in [-0.39, 0.29) is 12.1 Å². The molecule has 6 rings (SSSR count). The standard InChI is InChI=1S/C38H34N2P2Se2/c43-41(33-23-11-3-12-24-33,34-25-13-4-14-26-34)39-37(31-19-7-1-8-20-31)38(32-21-9-2-10-22-32)40-42(44,35-27-15-5-16-28-35)36-29-17-6-18-30-36/h1-30,37-38H,(H,39,43)(H,40,44)/t37-,38-/m1/s1. The van der Waals surface area contributed by atoms with Gasteiger partial charge in [-0.1, -0.05) is 0 Å². The SMILES string of the molecule is [Se]=P(N[C@H](c1ccccc1)[C@H](NP(=[Se])(c1ccccc1)c1ccccc1)c1ccccc1)(c1ccccc1)c1ccccc1. The summed E-state index contributed by atoms with van der Waals surface area (Å²) in [6.45, 7) is 0. The van der Waals surface area contributed by atoms with Gasteiger partial charge < -0.3 is 0 Å². The number of benzene rings is 6. The van der Waals surface area contributed by atoms with E-state index in [1.807, 2.05) is 0 Å². The van der Waals surface area contributed by atoms with Crippen LogP contribution in [0.3, 0.4) is 0 Å². The second-order valence-corrected chi connectivity index (χ2v) is 22.5. The van der Waals surface area contributed by atoms with Gasteiger partial charge in [-0.15, -0.1) is 0 Å². The van der Waals surface area contributed by atoms with E-state index in [2.05, 4.69) is 222 Å². The van der Waals surface area contributed by atoms with Crippen LogP contribution in [0.1, 0.15) is 23.2 Å². The van der Waals surface area contributed by atoms with Crippen LogP contribution in [-0.4, -0.2) is 30.2 Å². The molecule has 0 radical (unpaired) electrons. The van der Waals surface area contributed by atoms with Crippen molar-refractivity contribution in [3.05, 3.63) is 193 Å². The quantitative estimate of drug-likeness (QED) is 0.111. The summed E-state index contributed by atoms with van der Waals surface area (Å²) in [5, 5.41) is 13.7. The van der Waals surface area contributed by atoms with E-state index in [0.717, 1.165) is 0 Å². The molecule has 0 aromatic heterocycles. The van der Waals surface area contributed by atoms with Crippen LogP contribution in [0.15, 0.2) is 182 Å². The van der Waals surface area contributed by atoms with Crippen LogP contribution >= 0.6 is 11.3 Å². The monoisotopic (exact) mass is 740 g/mol. The molecule has 0 unspecified atom stereocenters. The minimum atomic E-state index is -2.19. The molecule has 6 heteroatoms. The molecule has 0 aliphatic heterocycles. The van der Waals surface area contributed by atoms with Gasteiger partial charge in [0.15, 0.2) is 0 Å². The summed E-state index contributed by atoms with van der Waals surface area (Å²) in [5.41, 5.74) is -1.93. The molecule has 2 atom stereocenters. The Hall–Kier alpha value is -2.86. The Kier molecular flexibility index (Phi) is 10.3. The molecule has 6 aromatic rings. The van der Waals surface area contributed by atoms with E-state index in [9.17, 15) is 0 Å². The van der Waals surface area contributed by atoms with Crippen LogP contribution in [0.5, 0.6) is 0 Å². The van der Waals surface area contributed by atoms with Gasteiger partial charge in [-0.2, -0.15) is 0 Å². The third kappa shape index (κ3) is 6.85. The van der Waals surface area contributed by atoms with Gasteiger partial charge in [0.05, 0.1) is 0 Å². The molecule has 44 heavy (non-hydrogen) atoms. The van der Waals surface area contributed by atoms with E-state index in [1.54, 1.807) is 0 Å². The predicted octanol–water partition coefficient (Wildman–Crippen LogP) is 6.98. The van der Waals surface area contributed by atoms with Crippen LogP contribution in [0.25, 0.3) is 0 Å². The summed E-state index contributed by atoms with van der Waals surface area (Å²) in [6, 6.07) is 65.1. The molecule has 0 amide bonds. The van der Waals surface area contributed by atoms with Gasteiger partial charge in [0.25, 0.3) is 0 Å². The molecular weight excluding hydrogens is 704 g/mol. The van der Waals surface area contributed by atoms with E-state index in [1.165, 1.54) is 32.3 Å². The van der Waals surface area contributed by atoms with E-state index >= 15 is 0 Å². The molecule has 0 heterocycles. The topological polar surface area (TPSA) is 24.1 Å². The number of rotatable bonds is 11. The molecule has 2 N–H and O–H groups in total. The first-order valence-electron chi connectivity index (χ1n) is 14.7. The predicted molar refractivity (Wildman–Crippen MR) is 194 cm³/mol. The Bertz CT molecular complexity index is 1630. The molecule has 0 bridgehead atoms. The van der Waals surface area contributed by atoms with Gasteiger partial charge >= 0.3 is 278 Å². The molecule has 0 saturated carbocycles. The molecule has 0 fully saturated rings. The van der Waals surface area contributed by atoms with Gasteiger partial charge in [0, 0.05) is 0 Å². The van der Waals surface area contributed by atoms with Crippen LogP contribution in [0.2, 0.25) is 0 Å². The summed E-state index contributed by atoms with van der Waals surface area (Å²) < 4.78 is 0. The normalized spacial score (nSPS) is 13.2. The van der Waals surface area contributed by atoms with Crippen molar-refractivity contribution in [1.82, 2.24) is 10.2 Å². The van der Waals surface area contributed by atoms with Gasteiger partial charge in [-0.3, -0.25) is 0 Å². The third-order valence-electron chi connectivity index (χ3n) is 7.77. The van der Waals surface area contributed by atoms with Gasteiger partial charge in [-0.25, -0.2) is 0 Å². The number of nitrogens with one attached hydrogen (secondary N) is 2. The molecule has 0 spiro atoms. The maximum atomic E-state index is 4.30. The zero-order chi connectivity index (χ0) is 30.2. The van der Waals surface area contributed by atoms with E-state index in [0.29, 0.717) is 0 Å². The molecule has 218 valence electrons. The summed E-state index contributed by atoms with van der Waals surface area (Å²) in [7, 11) is 0. The van der Waals surface area contributed by atoms with Crippen molar-refractivity contribution in [2.45, 2.75) is 12.1 Å². The Morgan fingerprint density at radius 1 is 0.318 bits per heavy atom. The van der Waals surface area contributed by atoms with E-state index < -0.39 is 11.3 Å². The average Bonchev–Trinajstić information content (AvgIpc) is 3.12. The second-order valence-electron chi connectivity index (χ2n) is 10.6. The van der Waals surface area contributed by atoms with Crippen LogP contribution in [-0.2, 0) is 0 Å². The van der Waals surface area contributed by atoms with Crippen LogP contribution < -0.4 is 31.4 Å². The molecule has 0 aliphatic rings. The Morgan fingerprint density at radius 3 is 0.750 bits per heavy atom. The fraction of sp³-hybridized carbons (Fsp3) is 0.0526. The fourth-order valence-corrected chi connectivity index (χ4v) is 15.0. The minimum absolute atomic E-state index is 0.0752. The summed E-state index contributed by atoms with van der Waals surface area (Å²) in [4.78, 5) is 0. The Balaban J connectivity index is 1.56. The molecular formula is C38H34N2P2Se2. The first kappa shape index (κ1) is 31.1. The van der Waals surface area contributed by atoms with Gasteiger partial charge in [0.2, 0.25) is 0 Å². The average molecular weight is 739 g/mol. The Morgan fingerprint density at radius 2 is 0.523 bits per heavy atom.